The van der Waals surface area contributed by atoms with Gasteiger partial charge in [-0.3, -0.25) is 14.7 Å². The number of rotatable bonds is 2. The third-order valence-electron chi connectivity index (χ3n) is 3.33. The number of hydrogen-bond donors (Lipinski definition) is 1. The third-order valence-corrected chi connectivity index (χ3v) is 3.33. The van der Waals surface area contributed by atoms with E-state index < -0.39 is 0 Å². The van der Waals surface area contributed by atoms with Gasteiger partial charge in [-0.1, -0.05) is 26.8 Å². The van der Waals surface area contributed by atoms with Gasteiger partial charge in [-0.05, 0) is 17.0 Å². The Morgan fingerprint density at radius 1 is 1.42 bits per heavy atom. The van der Waals surface area contributed by atoms with Crippen molar-refractivity contribution in [3.8, 4) is 0 Å². The van der Waals surface area contributed by atoms with E-state index in [1.165, 1.54) is 4.90 Å². The first-order valence-electron chi connectivity index (χ1n) is 6.37. The summed E-state index contributed by atoms with van der Waals surface area (Å²) < 4.78 is 0. The van der Waals surface area contributed by atoms with Crippen LogP contribution in [0.4, 0.5) is 4.79 Å². The molecule has 1 aliphatic heterocycles. The monoisotopic (exact) mass is 261 g/mol. The lowest BCUT2D eigenvalue weighted by Gasteiger charge is -2.38. The summed E-state index contributed by atoms with van der Waals surface area (Å²) in [6.45, 7) is 6.32. The van der Waals surface area contributed by atoms with Crippen LogP contribution < -0.4 is 5.32 Å². The van der Waals surface area contributed by atoms with E-state index in [0.29, 0.717) is 6.42 Å². The molecule has 102 valence electrons. The summed E-state index contributed by atoms with van der Waals surface area (Å²) in [6.07, 6.45) is 3.67. The van der Waals surface area contributed by atoms with Crippen molar-refractivity contribution >= 4 is 11.9 Å². The Balaban J connectivity index is 2.09. The number of carbonyl (C=O) groups is 2. The third kappa shape index (κ3) is 3.10. The highest BCUT2D eigenvalue weighted by atomic mass is 16.2. The van der Waals surface area contributed by atoms with Gasteiger partial charge in [-0.15, -0.1) is 0 Å². The standard InChI is InChI=1S/C14H19N3O2/c1-14(2,3)11-7-12(18)17(13(19)16-11)9-10-5-4-6-15-8-10/h4-6,8,11H,7,9H2,1-3H3,(H,16,19)/t11-/m0/s1. The van der Waals surface area contributed by atoms with Crippen LogP contribution in [-0.4, -0.2) is 27.9 Å². The van der Waals surface area contributed by atoms with Crippen LogP contribution in [0.1, 0.15) is 32.8 Å². The van der Waals surface area contributed by atoms with Crippen LogP contribution in [0.2, 0.25) is 0 Å². The van der Waals surface area contributed by atoms with Crippen molar-refractivity contribution in [2.24, 2.45) is 5.41 Å². The van der Waals surface area contributed by atoms with Crippen molar-refractivity contribution in [2.75, 3.05) is 0 Å². The first-order valence-corrected chi connectivity index (χ1v) is 6.37. The number of nitrogens with one attached hydrogen (secondary N) is 1. The van der Waals surface area contributed by atoms with Crippen molar-refractivity contribution in [3.63, 3.8) is 0 Å². The molecular formula is C14H19N3O2. The number of urea groups is 1. The van der Waals surface area contributed by atoms with Gasteiger partial charge in [0.2, 0.25) is 5.91 Å². The van der Waals surface area contributed by atoms with Crippen molar-refractivity contribution < 1.29 is 9.59 Å². The van der Waals surface area contributed by atoms with Crippen LogP contribution in [0.25, 0.3) is 0 Å². The predicted molar refractivity (Wildman–Crippen MR) is 71.2 cm³/mol. The Labute approximate surface area is 113 Å². The molecule has 1 atom stereocenters. The van der Waals surface area contributed by atoms with Gasteiger partial charge in [0.1, 0.15) is 0 Å². The van der Waals surface area contributed by atoms with Crippen LogP contribution in [0.5, 0.6) is 0 Å². The van der Waals surface area contributed by atoms with E-state index in [1.807, 2.05) is 26.8 Å². The summed E-state index contributed by atoms with van der Waals surface area (Å²) in [7, 11) is 0. The highest BCUT2D eigenvalue weighted by molar-refractivity contribution is 5.97. The molecule has 1 aromatic heterocycles. The minimum atomic E-state index is -0.319. The molecule has 0 bridgehead atoms. The molecule has 1 N–H and O–H groups in total. The largest absolute Gasteiger partial charge is 0.334 e. The molecular weight excluding hydrogens is 242 g/mol. The first-order chi connectivity index (χ1) is 8.88. The van der Waals surface area contributed by atoms with Gasteiger partial charge >= 0.3 is 6.03 Å². The van der Waals surface area contributed by atoms with Crippen molar-refractivity contribution in [3.05, 3.63) is 30.1 Å². The lowest BCUT2D eigenvalue weighted by atomic mass is 9.83. The fourth-order valence-corrected chi connectivity index (χ4v) is 2.03. The lowest BCUT2D eigenvalue weighted by molar-refractivity contribution is -0.131. The molecule has 5 nitrogen and oxygen atoms in total. The number of nitrogens with zero attached hydrogens (tertiary/aromatic N) is 2. The molecule has 0 saturated carbocycles. The van der Waals surface area contributed by atoms with Crippen LogP contribution in [-0.2, 0) is 11.3 Å². The second-order valence-corrected chi connectivity index (χ2v) is 5.91. The first kappa shape index (κ1) is 13.5. The van der Waals surface area contributed by atoms with Gasteiger partial charge < -0.3 is 5.32 Å². The Kier molecular flexibility index (Phi) is 3.55. The highest BCUT2D eigenvalue weighted by Crippen LogP contribution is 2.25. The van der Waals surface area contributed by atoms with Crippen molar-refractivity contribution in [2.45, 2.75) is 39.8 Å². The molecule has 0 aromatic carbocycles. The molecule has 1 aliphatic rings. The van der Waals surface area contributed by atoms with E-state index >= 15 is 0 Å². The summed E-state index contributed by atoms with van der Waals surface area (Å²) in [5.74, 6) is -0.132. The summed E-state index contributed by atoms with van der Waals surface area (Å²) in [4.78, 5) is 29.4. The fourth-order valence-electron chi connectivity index (χ4n) is 2.03. The summed E-state index contributed by atoms with van der Waals surface area (Å²) >= 11 is 0. The normalized spacial score (nSPS) is 20.4. The summed E-state index contributed by atoms with van der Waals surface area (Å²) in [5, 5.41) is 2.90. The average Bonchev–Trinajstić information content (AvgIpc) is 2.33. The molecule has 1 saturated heterocycles. The lowest BCUT2D eigenvalue weighted by Crippen LogP contribution is -2.57. The van der Waals surface area contributed by atoms with Gasteiger partial charge in [0.15, 0.2) is 0 Å². The van der Waals surface area contributed by atoms with Crippen molar-refractivity contribution in [1.82, 2.24) is 15.2 Å². The molecule has 0 unspecified atom stereocenters. The number of amides is 3. The molecule has 5 heteroatoms. The van der Waals surface area contributed by atoms with Gasteiger partial charge in [0.05, 0.1) is 6.54 Å². The number of carbonyl (C=O) groups excluding carboxylic acids is 2. The number of pyridine rings is 1. The molecule has 19 heavy (non-hydrogen) atoms. The van der Waals surface area contributed by atoms with Crippen molar-refractivity contribution in [1.29, 1.82) is 0 Å². The summed E-state index contributed by atoms with van der Waals surface area (Å²) in [6, 6.07) is 3.21. The van der Waals surface area contributed by atoms with Gasteiger partial charge in [0, 0.05) is 24.9 Å². The molecule has 2 heterocycles. The second kappa shape index (κ2) is 4.99. The van der Waals surface area contributed by atoms with E-state index in [4.69, 9.17) is 0 Å². The van der Waals surface area contributed by atoms with Crippen LogP contribution in [0.3, 0.4) is 0 Å². The SMILES string of the molecule is CC(C)(C)[C@@H]1CC(=O)N(Cc2cccnc2)C(=O)N1. The van der Waals surface area contributed by atoms with E-state index in [2.05, 4.69) is 10.3 Å². The maximum atomic E-state index is 12.1. The Morgan fingerprint density at radius 2 is 2.16 bits per heavy atom. The van der Waals surface area contributed by atoms with Gasteiger partial charge in [-0.2, -0.15) is 0 Å². The molecule has 1 aromatic rings. The molecule has 0 aliphatic carbocycles. The zero-order chi connectivity index (χ0) is 14.0. The van der Waals surface area contributed by atoms with Gasteiger partial charge in [0.25, 0.3) is 0 Å². The fraction of sp³-hybridized carbons (Fsp3) is 0.500. The maximum Gasteiger partial charge on any atom is 0.324 e. The highest BCUT2D eigenvalue weighted by Gasteiger charge is 2.37. The maximum absolute atomic E-state index is 12.1. The number of aromatic nitrogens is 1. The molecule has 0 spiro atoms. The Hall–Kier alpha value is -1.91. The minimum absolute atomic E-state index is 0.113. The molecule has 1 fully saturated rings. The van der Waals surface area contributed by atoms with Crippen LogP contribution in [0, 0.1) is 5.41 Å². The zero-order valence-electron chi connectivity index (χ0n) is 11.5. The molecule has 0 radical (unpaired) electrons. The van der Waals surface area contributed by atoms with Crippen LogP contribution in [0.15, 0.2) is 24.5 Å². The predicted octanol–water partition coefficient (Wildman–Crippen LogP) is 1.94. The van der Waals surface area contributed by atoms with E-state index in [-0.39, 0.29) is 29.9 Å². The van der Waals surface area contributed by atoms with Crippen LogP contribution >= 0.6 is 0 Å². The number of hydrogen-bond acceptors (Lipinski definition) is 3. The quantitative estimate of drug-likeness (QED) is 0.885. The Bertz CT molecular complexity index is 461. The second-order valence-electron chi connectivity index (χ2n) is 5.91. The minimum Gasteiger partial charge on any atom is -0.334 e. The van der Waals surface area contributed by atoms with E-state index in [9.17, 15) is 9.59 Å². The van der Waals surface area contributed by atoms with Gasteiger partial charge in [-0.25, -0.2) is 4.79 Å². The van der Waals surface area contributed by atoms with E-state index in [1.54, 1.807) is 18.5 Å². The molecule has 2 rings (SSSR count). The number of imide groups is 1. The average molecular weight is 261 g/mol. The summed E-state index contributed by atoms with van der Waals surface area (Å²) in [5.41, 5.74) is 0.728. The molecule has 3 amide bonds. The zero-order valence-corrected chi connectivity index (χ0v) is 11.5. The Morgan fingerprint density at radius 3 is 2.68 bits per heavy atom. The van der Waals surface area contributed by atoms with E-state index in [0.717, 1.165) is 5.56 Å². The smallest absolute Gasteiger partial charge is 0.324 e. The topological polar surface area (TPSA) is 62.3 Å².